The zero-order valence-electron chi connectivity index (χ0n) is 47.1. The van der Waals surface area contributed by atoms with Crippen LogP contribution in [-0.2, 0) is 28.6 Å². The van der Waals surface area contributed by atoms with Crippen LogP contribution in [0.4, 0.5) is 0 Å². The Bertz CT molecular complexity index is 1580. The van der Waals surface area contributed by atoms with Crippen LogP contribution in [0.2, 0.25) is 0 Å². The van der Waals surface area contributed by atoms with Crippen molar-refractivity contribution in [3.63, 3.8) is 0 Å². The highest BCUT2D eigenvalue weighted by molar-refractivity contribution is 5.71. The lowest BCUT2D eigenvalue weighted by atomic mass is 10.1. The fourth-order valence-electron chi connectivity index (χ4n) is 7.63. The number of rotatable bonds is 52. The summed E-state index contributed by atoms with van der Waals surface area (Å²) in [5.41, 5.74) is 0. The maximum atomic E-state index is 12.8. The Morgan fingerprint density at radius 2 is 0.534 bits per heavy atom. The monoisotopic (exact) mass is 1010 g/mol. The molecule has 1 unspecified atom stereocenters. The van der Waals surface area contributed by atoms with Crippen LogP contribution >= 0.6 is 0 Å². The molecular formula is C67H108O6. The Labute approximate surface area is 449 Å². The lowest BCUT2D eigenvalue weighted by Crippen LogP contribution is -2.30. The molecule has 0 N–H and O–H groups in total. The normalized spacial score (nSPS) is 13.1. The second-order valence-corrected chi connectivity index (χ2v) is 19.2. The molecule has 0 rings (SSSR count). The maximum Gasteiger partial charge on any atom is 0.306 e. The van der Waals surface area contributed by atoms with Crippen LogP contribution in [0.3, 0.4) is 0 Å². The number of carbonyl (C=O) groups is 3. The molecule has 0 saturated carbocycles. The molecule has 0 aliphatic carbocycles. The van der Waals surface area contributed by atoms with Crippen molar-refractivity contribution < 1.29 is 28.6 Å². The lowest BCUT2D eigenvalue weighted by molar-refractivity contribution is -0.167. The molecule has 6 nitrogen and oxygen atoms in total. The van der Waals surface area contributed by atoms with Gasteiger partial charge in [0.25, 0.3) is 0 Å². The highest BCUT2D eigenvalue weighted by Crippen LogP contribution is 2.13. The molecule has 412 valence electrons. The van der Waals surface area contributed by atoms with E-state index in [1.807, 2.05) is 0 Å². The number of hydrogen-bond acceptors (Lipinski definition) is 6. The van der Waals surface area contributed by atoms with Gasteiger partial charge in [-0.15, -0.1) is 0 Å². The minimum Gasteiger partial charge on any atom is -0.462 e. The Hall–Kier alpha value is -4.45. The smallest absolute Gasteiger partial charge is 0.306 e. The van der Waals surface area contributed by atoms with E-state index in [-0.39, 0.29) is 31.1 Å². The summed E-state index contributed by atoms with van der Waals surface area (Å²) in [6, 6.07) is 0. The van der Waals surface area contributed by atoms with Gasteiger partial charge in [0.05, 0.1) is 0 Å². The highest BCUT2D eigenvalue weighted by Gasteiger charge is 2.19. The molecule has 73 heavy (non-hydrogen) atoms. The van der Waals surface area contributed by atoms with Gasteiger partial charge >= 0.3 is 17.9 Å². The molecule has 0 aromatic carbocycles. The van der Waals surface area contributed by atoms with Crippen LogP contribution in [-0.4, -0.2) is 37.2 Å². The van der Waals surface area contributed by atoms with Crippen LogP contribution in [0.25, 0.3) is 0 Å². The average Bonchev–Trinajstić information content (AvgIpc) is 3.39. The summed E-state index contributed by atoms with van der Waals surface area (Å²) < 4.78 is 16.8. The molecule has 0 spiro atoms. The molecule has 0 amide bonds. The van der Waals surface area contributed by atoms with E-state index in [1.165, 1.54) is 38.5 Å². The van der Waals surface area contributed by atoms with Crippen molar-refractivity contribution in [2.24, 2.45) is 0 Å². The first-order valence-electron chi connectivity index (χ1n) is 29.7. The van der Waals surface area contributed by atoms with Gasteiger partial charge in [0, 0.05) is 19.3 Å². The van der Waals surface area contributed by atoms with Crippen molar-refractivity contribution in [2.75, 3.05) is 13.2 Å². The van der Waals surface area contributed by atoms with Crippen molar-refractivity contribution >= 4 is 17.9 Å². The van der Waals surface area contributed by atoms with Gasteiger partial charge in [0.15, 0.2) is 6.10 Å². The number of carbonyl (C=O) groups excluding carboxylic acids is 3. The maximum absolute atomic E-state index is 12.8. The number of esters is 3. The van der Waals surface area contributed by atoms with Crippen LogP contribution in [0.5, 0.6) is 0 Å². The van der Waals surface area contributed by atoms with E-state index in [1.54, 1.807) is 0 Å². The molecule has 0 heterocycles. The quantitative estimate of drug-likeness (QED) is 0.0261. The van der Waals surface area contributed by atoms with Crippen LogP contribution in [0.15, 0.2) is 134 Å². The minimum atomic E-state index is -0.805. The first kappa shape index (κ1) is 68.6. The van der Waals surface area contributed by atoms with E-state index in [2.05, 4.69) is 154 Å². The predicted molar refractivity (Wildman–Crippen MR) is 316 cm³/mol. The van der Waals surface area contributed by atoms with Gasteiger partial charge in [-0.25, -0.2) is 0 Å². The zero-order chi connectivity index (χ0) is 52.9. The fourth-order valence-corrected chi connectivity index (χ4v) is 7.63. The van der Waals surface area contributed by atoms with Gasteiger partial charge in [0.1, 0.15) is 13.2 Å². The number of unbranched alkanes of at least 4 members (excludes halogenated alkanes) is 19. The summed E-state index contributed by atoms with van der Waals surface area (Å²) >= 11 is 0. The Kier molecular flexibility index (Phi) is 56.4. The van der Waals surface area contributed by atoms with Crippen molar-refractivity contribution in [1.82, 2.24) is 0 Å². The van der Waals surface area contributed by atoms with E-state index in [4.69, 9.17) is 14.2 Å². The van der Waals surface area contributed by atoms with Crippen molar-refractivity contribution in [2.45, 2.75) is 258 Å². The van der Waals surface area contributed by atoms with Gasteiger partial charge in [-0.1, -0.05) is 238 Å². The summed E-state index contributed by atoms with van der Waals surface area (Å²) in [4.78, 5) is 38.2. The van der Waals surface area contributed by atoms with Crippen molar-refractivity contribution in [1.29, 1.82) is 0 Å². The second-order valence-electron chi connectivity index (χ2n) is 19.2. The SMILES string of the molecule is CC/C=C\C/C=C\C/C=C\C/C=C\C/C=C\C/C=C\C/C=C\CCCCCCCC(=O)OCC(COC(=O)CCCCCCC/C=C\C/C=C\CCCC)OC(=O)CCCCCCC/C=C\C/C=C\CCCC. The Morgan fingerprint density at radius 3 is 0.836 bits per heavy atom. The first-order chi connectivity index (χ1) is 36.0. The van der Waals surface area contributed by atoms with Crippen LogP contribution < -0.4 is 0 Å². The van der Waals surface area contributed by atoms with Crippen LogP contribution in [0.1, 0.15) is 252 Å². The van der Waals surface area contributed by atoms with E-state index < -0.39 is 6.10 Å². The van der Waals surface area contributed by atoms with Crippen LogP contribution in [0, 0.1) is 0 Å². The van der Waals surface area contributed by atoms with E-state index in [0.717, 1.165) is 173 Å². The standard InChI is InChI=1S/C67H108O6/c1-4-7-10-13-16-19-22-25-28-29-30-31-32-33-34-35-36-37-38-39-40-43-45-48-51-54-57-60-66(69)72-63-64(73-67(70)61-58-55-52-49-46-42-27-24-21-18-15-12-9-6-3)62-71-65(68)59-56-53-50-47-44-41-26-23-20-17-14-11-8-5-2/h7,10,14-19,23-28,30-31,33-34,36-37,39-40,64H,4-6,8-9,11-13,20-22,29,32,35,38,41-63H2,1-3H3/b10-7-,17-14-,18-15-,19-16-,26-23-,27-24-,28-25-,31-30-,34-33-,37-36-,40-39-. The van der Waals surface area contributed by atoms with Gasteiger partial charge < -0.3 is 14.2 Å². The molecule has 0 radical (unpaired) electrons. The average molecular weight is 1010 g/mol. The summed E-state index contributed by atoms with van der Waals surface area (Å²) in [5, 5.41) is 0. The van der Waals surface area contributed by atoms with E-state index in [0.29, 0.717) is 19.3 Å². The summed E-state index contributed by atoms with van der Waals surface area (Å²) in [5.74, 6) is -0.951. The van der Waals surface area contributed by atoms with Crippen molar-refractivity contribution in [3.05, 3.63) is 134 Å². The largest absolute Gasteiger partial charge is 0.462 e. The minimum absolute atomic E-state index is 0.101. The van der Waals surface area contributed by atoms with Gasteiger partial charge in [-0.05, 0) is 128 Å². The molecule has 0 bridgehead atoms. The molecule has 0 aliphatic heterocycles. The number of hydrogen-bond donors (Lipinski definition) is 0. The third-order valence-electron chi connectivity index (χ3n) is 12.1. The number of allylic oxidation sites excluding steroid dienone is 22. The lowest BCUT2D eigenvalue weighted by Gasteiger charge is -2.18. The van der Waals surface area contributed by atoms with E-state index >= 15 is 0 Å². The molecule has 6 heteroatoms. The zero-order valence-corrected chi connectivity index (χ0v) is 47.1. The second kappa shape index (κ2) is 60.1. The predicted octanol–water partition coefficient (Wildman–Crippen LogP) is 20.2. The Balaban J connectivity index is 4.41. The molecule has 0 aromatic heterocycles. The molecule has 0 saturated heterocycles. The molecule has 0 aliphatic rings. The van der Waals surface area contributed by atoms with Gasteiger partial charge in [-0.3, -0.25) is 14.4 Å². The number of ether oxygens (including phenoxy) is 3. The van der Waals surface area contributed by atoms with Gasteiger partial charge in [-0.2, -0.15) is 0 Å². The summed E-state index contributed by atoms with van der Waals surface area (Å²) in [7, 11) is 0. The molecule has 0 aromatic rings. The Morgan fingerprint density at radius 1 is 0.288 bits per heavy atom. The summed E-state index contributed by atoms with van der Waals surface area (Å²) in [6.07, 6.45) is 84.4. The third kappa shape index (κ3) is 58.3. The first-order valence-corrected chi connectivity index (χ1v) is 29.7. The third-order valence-corrected chi connectivity index (χ3v) is 12.1. The summed E-state index contributed by atoms with van der Waals surface area (Å²) in [6.45, 7) is 6.40. The fraction of sp³-hybridized carbons (Fsp3) is 0.627. The topological polar surface area (TPSA) is 78.9 Å². The highest BCUT2D eigenvalue weighted by atomic mass is 16.6. The molecule has 0 fully saturated rings. The van der Waals surface area contributed by atoms with E-state index in [9.17, 15) is 14.4 Å². The van der Waals surface area contributed by atoms with Crippen molar-refractivity contribution in [3.8, 4) is 0 Å². The molecule has 1 atom stereocenters. The van der Waals surface area contributed by atoms with Gasteiger partial charge in [0.2, 0.25) is 0 Å². The molecular weight excluding hydrogens is 901 g/mol.